The zero-order chi connectivity index (χ0) is 22.6. The highest BCUT2D eigenvalue weighted by Crippen LogP contribution is 2.39. The minimum Gasteiger partial charge on any atom is -0.507 e. The highest BCUT2D eigenvalue weighted by atomic mass is 31.1. The fourth-order valence-corrected chi connectivity index (χ4v) is 6.61. The molecule has 0 heterocycles. The molecule has 0 atom stereocenters. The maximum Gasteiger partial charge on any atom is 0.127 e. The SMILES string of the molecule is Oc1cccc(O)c1-c1ccc(-c2ccccc2P(c2ccccc2)c2ccccc2)cc1. The first-order valence-electron chi connectivity index (χ1n) is 10.8. The summed E-state index contributed by atoms with van der Waals surface area (Å²) in [4.78, 5) is 0. The molecule has 0 fully saturated rings. The van der Waals surface area contributed by atoms with E-state index >= 15 is 0 Å². The Morgan fingerprint density at radius 3 is 1.48 bits per heavy atom. The van der Waals surface area contributed by atoms with Gasteiger partial charge >= 0.3 is 0 Å². The lowest BCUT2D eigenvalue weighted by atomic mass is 9.99. The third-order valence-electron chi connectivity index (χ3n) is 5.68. The van der Waals surface area contributed by atoms with E-state index in [1.54, 1.807) is 18.2 Å². The highest BCUT2D eigenvalue weighted by molar-refractivity contribution is 7.80. The van der Waals surface area contributed by atoms with Crippen LogP contribution in [0.2, 0.25) is 0 Å². The molecule has 5 aromatic rings. The molecule has 0 unspecified atom stereocenters. The molecule has 2 N–H and O–H groups in total. The number of aromatic hydroxyl groups is 2. The van der Waals surface area contributed by atoms with Gasteiger partial charge in [0.15, 0.2) is 0 Å². The van der Waals surface area contributed by atoms with Crippen molar-refractivity contribution in [1.29, 1.82) is 0 Å². The average molecular weight is 446 g/mol. The maximum atomic E-state index is 10.2. The number of phenolic OH excluding ortho intramolecular Hbond substituents is 2. The number of benzene rings is 5. The van der Waals surface area contributed by atoms with Gasteiger partial charge in [-0.3, -0.25) is 0 Å². The van der Waals surface area contributed by atoms with Gasteiger partial charge in [-0.1, -0.05) is 115 Å². The van der Waals surface area contributed by atoms with Crippen LogP contribution in [-0.4, -0.2) is 10.2 Å². The van der Waals surface area contributed by atoms with Crippen molar-refractivity contribution in [2.45, 2.75) is 0 Å². The third kappa shape index (κ3) is 4.26. The van der Waals surface area contributed by atoms with Crippen LogP contribution in [0.25, 0.3) is 22.3 Å². The van der Waals surface area contributed by atoms with Crippen LogP contribution >= 0.6 is 7.92 Å². The van der Waals surface area contributed by atoms with E-state index < -0.39 is 7.92 Å². The largest absolute Gasteiger partial charge is 0.507 e. The molecular weight excluding hydrogens is 423 g/mol. The van der Waals surface area contributed by atoms with Crippen molar-refractivity contribution < 1.29 is 10.2 Å². The Balaban J connectivity index is 1.62. The molecule has 0 amide bonds. The van der Waals surface area contributed by atoms with Crippen LogP contribution in [0.5, 0.6) is 11.5 Å². The van der Waals surface area contributed by atoms with E-state index in [0.29, 0.717) is 5.56 Å². The molecule has 160 valence electrons. The van der Waals surface area contributed by atoms with Gasteiger partial charge in [-0.2, -0.15) is 0 Å². The Kier molecular flexibility index (Phi) is 5.93. The first-order chi connectivity index (χ1) is 16.2. The molecule has 2 nitrogen and oxygen atoms in total. The van der Waals surface area contributed by atoms with Gasteiger partial charge in [0.25, 0.3) is 0 Å². The minimum absolute atomic E-state index is 0.0693. The molecule has 5 rings (SSSR count). The summed E-state index contributed by atoms with van der Waals surface area (Å²) in [5, 5.41) is 24.4. The quantitative estimate of drug-likeness (QED) is 0.316. The van der Waals surface area contributed by atoms with Gasteiger partial charge in [-0.15, -0.1) is 0 Å². The third-order valence-corrected chi connectivity index (χ3v) is 8.18. The second-order valence-corrected chi connectivity index (χ2v) is 9.96. The van der Waals surface area contributed by atoms with Crippen molar-refractivity contribution in [2.24, 2.45) is 0 Å². The van der Waals surface area contributed by atoms with Crippen LogP contribution < -0.4 is 15.9 Å². The highest BCUT2D eigenvalue weighted by Gasteiger charge is 2.20. The number of phenols is 2. The van der Waals surface area contributed by atoms with E-state index in [9.17, 15) is 10.2 Å². The van der Waals surface area contributed by atoms with Gasteiger partial charge < -0.3 is 10.2 Å². The van der Waals surface area contributed by atoms with Crippen molar-refractivity contribution in [3.8, 4) is 33.8 Å². The molecule has 0 aliphatic heterocycles. The molecular formula is C30H23O2P. The first kappa shape index (κ1) is 21.0. The molecule has 0 aliphatic rings. The van der Waals surface area contributed by atoms with E-state index in [1.807, 2.05) is 12.1 Å². The summed E-state index contributed by atoms with van der Waals surface area (Å²) in [5.41, 5.74) is 3.52. The van der Waals surface area contributed by atoms with Crippen LogP contribution in [-0.2, 0) is 0 Å². The lowest BCUT2D eigenvalue weighted by molar-refractivity contribution is 0.454. The number of rotatable bonds is 5. The average Bonchev–Trinajstić information content (AvgIpc) is 2.86. The van der Waals surface area contributed by atoms with E-state index in [2.05, 4.69) is 97.1 Å². The number of hydrogen-bond donors (Lipinski definition) is 2. The Hall–Kier alpha value is -3.87. The van der Waals surface area contributed by atoms with Crippen LogP contribution in [0.4, 0.5) is 0 Å². The minimum atomic E-state index is -0.732. The Morgan fingerprint density at radius 1 is 0.424 bits per heavy atom. The van der Waals surface area contributed by atoms with Gasteiger partial charge in [0.05, 0.1) is 5.56 Å². The first-order valence-corrected chi connectivity index (χ1v) is 12.2. The zero-order valence-corrected chi connectivity index (χ0v) is 18.9. The predicted molar refractivity (Wildman–Crippen MR) is 139 cm³/mol. The van der Waals surface area contributed by atoms with Crippen molar-refractivity contribution >= 4 is 23.8 Å². The summed E-state index contributed by atoms with van der Waals surface area (Å²) >= 11 is 0. The molecule has 0 radical (unpaired) electrons. The summed E-state index contributed by atoms with van der Waals surface area (Å²) in [6.07, 6.45) is 0. The molecule has 0 saturated heterocycles. The zero-order valence-electron chi connectivity index (χ0n) is 18.0. The summed E-state index contributed by atoms with van der Waals surface area (Å²) in [6.45, 7) is 0. The van der Waals surface area contributed by atoms with E-state index in [0.717, 1.165) is 11.1 Å². The molecule has 0 spiro atoms. The van der Waals surface area contributed by atoms with Crippen LogP contribution in [0.3, 0.4) is 0 Å². The summed E-state index contributed by atoms with van der Waals surface area (Å²) < 4.78 is 0. The lowest BCUT2D eigenvalue weighted by Crippen LogP contribution is -2.21. The predicted octanol–water partition coefficient (Wildman–Crippen LogP) is 6.19. The molecule has 33 heavy (non-hydrogen) atoms. The van der Waals surface area contributed by atoms with E-state index in [4.69, 9.17) is 0 Å². The molecule has 0 saturated carbocycles. The fraction of sp³-hybridized carbons (Fsp3) is 0. The monoisotopic (exact) mass is 446 g/mol. The Labute approximate surface area is 195 Å². The lowest BCUT2D eigenvalue weighted by Gasteiger charge is -2.22. The molecule has 3 heteroatoms. The fourth-order valence-electron chi connectivity index (χ4n) is 4.13. The van der Waals surface area contributed by atoms with Gasteiger partial charge in [0.2, 0.25) is 0 Å². The number of hydrogen-bond acceptors (Lipinski definition) is 2. The standard InChI is InChI=1S/C30H23O2P/c31-27-15-9-16-28(32)30(27)23-20-18-22(19-21-23)26-14-7-8-17-29(26)33(24-10-3-1-4-11-24)25-12-5-2-6-13-25/h1-21,31-32H. The van der Waals surface area contributed by atoms with Gasteiger partial charge in [0.1, 0.15) is 11.5 Å². The van der Waals surface area contributed by atoms with Crippen LogP contribution in [0, 0.1) is 0 Å². The van der Waals surface area contributed by atoms with E-state index in [-0.39, 0.29) is 11.5 Å². The van der Waals surface area contributed by atoms with Crippen LogP contribution in [0.1, 0.15) is 0 Å². The normalized spacial score (nSPS) is 10.9. The molecule has 5 aromatic carbocycles. The van der Waals surface area contributed by atoms with E-state index in [1.165, 1.54) is 21.5 Å². The van der Waals surface area contributed by atoms with Crippen molar-refractivity contribution in [3.05, 3.63) is 127 Å². The van der Waals surface area contributed by atoms with Crippen molar-refractivity contribution in [1.82, 2.24) is 0 Å². The second-order valence-electron chi connectivity index (χ2n) is 7.77. The van der Waals surface area contributed by atoms with Gasteiger partial charge in [0, 0.05) is 0 Å². The summed E-state index contributed by atoms with van der Waals surface area (Å²) in [7, 11) is -0.732. The topological polar surface area (TPSA) is 40.5 Å². The van der Waals surface area contributed by atoms with Gasteiger partial charge in [-0.05, 0) is 52.7 Å². The second kappa shape index (κ2) is 9.32. The Morgan fingerprint density at radius 2 is 0.909 bits per heavy atom. The van der Waals surface area contributed by atoms with Gasteiger partial charge in [-0.25, -0.2) is 0 Å². The smallest absolute Gasteiger partial charge is 0.127 e. The summed E-state index contributed by atoms with van der Waals surface area (Å²) in [5.74, 6) is 0.139. The van der Waals surface area contributed by atoms with Crippen molar-refractivity contribution in [2.75, 3.05) is 0 Å². The maximum absolute atomic E-state index is 10.2. The molecule has 0 bridgehead atoms. The molecule has 0 aromatic heterocycles. The Bertz CT molecular complexity index is 1300. The van der Waals surface area contributed by atoms with Crippen molar-refractivity contribution in [3.63, 3.8) is 0 Å². The van der Waals surface area contributed by atoms with Crippen LogP contribution in [0.15, 0.2) is 127 Å². The summed E-state index contributed by atoms with van der Waals surface area (Å²) in [6, 6.07) is 42.8. The molecule has 0 aliphatic carbocycles.